The van der Waals surface area contributed by atoms with Crippen LogP contribution >= 0.6 is 0 Å². The van der Waals surface area contributed by atoms with Gasteiger partial charge in [0, 0.05) is 12.1 Å². The van der Waals surface area contributed by atoms with E-state index >= 15 is 0 Å². The third kappa shape index (κ3) is 1.61. The van der Waals surface area contributed by atoms with Crippen molar-refractivity contribution in [2.24, 2.45) is 23.7 Å². The van der Waals surface area contributed by atoms with E-state index in [9.17, 15) is 0 Å². The highest BCUT2D eigenvalue weighted by Gasteiger charge is 2.50. The number of nitrogens with zero attached hydrogens (tertiary/aromatic N) is 4. The predicted molar refractivity (Wildman–Crippen MR) is 77.5 cm³/mol. The lowest BCUT2D eigenvalue weighted by Crippen LogP contribution is -2.44. The van der Waals surface area contributed by atoms with Gasteiger partial charge >= 0.3 is 0 Å². The van der Waals surface area contributed by atoms with Crippen LogP contribution in [0.5, 0.6) is 0 Å². The van der Waals surface area contributed by atoms with E-state index in [4.69, 9.17) is 5.26 Å². The van der Waals surface area contributed by atoms with Crippen molar-refractivity contribution >= 4 is 5.65 Å². The van der Waals surface area contributed by atoms with Crippen molar-refractivity contribution in [2.45, 2.75) is 38.0 Å². The summed E-state index contributed by atoms with van der Waals surface area (Å²) in [5.41, 5.74) is 1.56. The van der Waals surface area contributed by atoms with Crippen LogP contribution in [-0.4, -0.2) is 14.6 Å². The molecule has 0 spiro atoms. The second kappa shape index (κ2) is 4.07. The van der Waals surface area contributed by atoms with E-state index in [1.807, 2.05) is 18.3 Å². The Hall–Kier alpha value is -1.89. The molecule has 2 aromatic rings. The maximum Gasteiger partial charge on any atom is 0.160 e. The number of hydrogen-bond donors (Lipinski definition) is 0. The zero-order valence-corrected chi connectivity index (χ0v) is 11.9. The highest BCUT2D eigenvalue weighted by molar-refractivity contribution is 5.43. The fourth-order valence-corrected chi connectivity index (χ4v) is 5.55. The molecule has 0 aromatic carbocycles. The van der Waals surface area contributed by atoms with Gasteiger partial charge in [0.05, 0.1) is 5.56 Å². The zero-order valence-electron chi connectivity index (χ0n) is 11.9. The molecule has 4 heteroatoms. The summed E-state index contributed by atoms with van der Waals surface area (Å²) in [6.45, 7) is 0. The Morgan fingerprint density at radius 3 is 2.38 bits per heavy atom. The molecule has 6 rings (SSSR count). The van der Waals surface area contributed by atoms with Gasteiger partial charge in [0.2, 0.25) is 0 Å². The lowest BCUT2D eigenvalue weighted by atomic mass is 9.51. The minimum absolute atomic E-state index is 0.557. The Kier molecular flexibility index (Phi) is 2.27. The first kappa shape index (κ1) is 11.7. The summed E-state index contributed by atoms with van der Waals surface area (Å²) in [6.07, 6.45) is 8.90. The van der Waals surface area contributed by atoms with Crippen LogP contribution in [0, 0.1) is 35.0 Å². The van der Waals surface area contributed by atoms with Crippen LogP contribution in [0.3, 0.4) is 0 Å². The number of aromatic nitrogens is 3. The van der Waals surface area contributed by atoms with Gasteiger partial charge in [-0.25, -0.2) is 0 Å². The summed E-state index contributed by atoms with van der Waals surface area (Å²) in [7, 11) is 0. The summed E-state index contributed by atoms with van der Waals surface area (Å²) in [4.78, 5) is 0. The molecular weight excluding hydrogens is 260 g/mol. The second-order valence-corrected chi connectivity index (χ2v) is 7.27. The molecule has 2 aromatic heterocycles. The molecular formula is C17H18N4. The van der Waals surface area contributed by atoms with Gasteiger partial charge in [-0.05, 0) is 67.9 Å². The number of nitriles is 1. The molecule has 4 aliphatic carbocycles. The summed E-state index contributed by atoms with van der Waals surface area (Å²) in [6, 6.07) is 5.96. The molecule has 0 amide bonds. The van der Waals surface area contributed by atoms with Crippen LogP contribution in [-0.2, 0) is 0 Å². The van der Waals surface area contributed by atoms with E-state index in [0.717, 1.165) is 35.1 Å². The molecule has 4 bridgehead atoms. The quantitative estimate of drug-likeness (QED) is 0.805. The molecule has 0 radical (unpaired) electrons. The molecule has 0 unspecified atom stereocenters. The molecule has 0 saturated heterocycles. The predicted octanol–water partition coefficient (Wildman–Crippen LogP) is 3.14. The highest BCUT2D eigenvalue weighted by atomic mass is 15.2. The van der Waals surface area contributed by atoms with E-state index in [2.05, 4.69) is 20.7 Å². The van der Waals surface area contributed by atoms with Crippen LogP contribution in [0.25, 0.3) is 5.65 Å². The van der Waals surface area contributed by atoms with E-state index in [-0.39, 0.29) is 0 Å². The van der Waals surface area contributed by atoms with E-state index in [0.29, 0.717) is 11.5 Å². The van der Waals surface area contributed by atoms with Crippen molar-refractivity contribution < 1.29 is 0 Å². The molecule has 0 aliphatic heterocycles. The van der Waals surface area contributed by atoms with Gasteiger partial charge < -0.3 is 0 Å². The molecule has 0 N–H and O–H groups in total. The normalized spacial score (nSPS) is 37.0. The Balaban J connectivity index is 1.63. The van der Waals surface area contributed by atoms with Crippen LogP contribution < -0.4 is 0 Å². The molecule has 4 nitrogen and oxygen atoms in total. The Labute approximate surface area is 123 Å². The minimum atomic E-state index is 0.557. The molecule has 21 heavy (non-hydrogen) atoms. The molecule has 4 aliphatic rings. The van der Waals surface area contributed by atoms with Gasteiger partial charge in [0.15, 0.2) is 5.65 Å². The lowest BCUT2D eigenvalue weighted by Gasteiger charge is -2.53. The van der Waals surface area contributed by atoms with Crippen LogP contribution in [0.2, 0.25) is 0 Å². The average molecular weight is 278 g/mol. The van der Waals surface area contributed by atoms with Crippen molar-refractivity contribution in [3.05, 3.63) is 29.7 Å². The van der Waals surface area contributed by atoms with Gasteiger partial charge in [0.25, 0.3) is 0 Å². The maximum atomic E-state index is 9.13. The number of rotatable bonds is 1. The van der Waals surface area contributed by atoms with Gasteiger partial charge in [-0.2, -0.15) is 5.26 Å². The van der Waals surface area contributed by atoms with E-state index < -0.39 is 0 Å². The van der Waals surface area contributed by atoms with Crippen LogP contribution in [0.15, 0.2) is 18.3 Å². The third-order valence-corrected chi connectivity index (χ3v) is 6.08. The topological polar surface area (TPSA) is 54.0 Å². The fraction of sp³-hybridized carbons (Fsp3) is 0.588. The standard InChI is InChI=1S/C17H18N4/c18-8-10-1-2-15-19-20-17(21(15)9-10)16-13-4-11-3-12(6-13)7-14(16)5-11/h1-2,9,11-14,16H,3-7H2. The molecule has 0 atom stereocenters. The molecule has 4 saturated carbocycles. The van der Waals surface area contributed by atoms with Crippen LogP contribution in [0.4, 0.5) is 0 Å². The monoisotopic (exact) mass is 278 g/mol. The van der Waals surface area contributed by atoms with Crippen molar-refractivity contribution in [3.63, 3.8) is 0 Å². The van der Waals surface area contributed by atoms with Crippen molar-refractivity contribution in [3.8, 4) is 6.07 Å². The SMILES string of the molecule is N#Cc1ccc2nnc(C3C4CC5CC(C4)CC3C5)n2c1. The zero-order chi connectivity index (χ0) is 14.0. The van der Waals surface area contributed by atoms with Gasteiger partial charge in [0.1, 0.15) is 11.9 Å². The molecule has 4 fully saturated rings. The first-order valence-corrected chi connectivity index (χ1v) is 8.06. The summed E-state index contributed by atoms with van der Waals surface area (Å²) < 4.78 is 2.07. The number of fused-ring (bicyclic) bond motifs is 1. The molecule has 2 heterocycles. The first-order valence-electron chi connectivity index (χ1n) is 8.06. The first-order chi connectivity index (χ1) is 10.3. The lowest BCUT2D eigenvalue weighted by molar-refractivity contribution is -0.00597. The summed E-state index contributed by atoms with van der Waals surface area (Å²) >= 11 is 0. The van der Waals surface area contributed by atoms with E-state index in [1.54, 1.807) is 0 Å². The van der Waals surface area contributed by atoms with Crippen LogP contribution in [0.1, 0.15) is 49.4 Å². The number of pyridine rings is 1. The second-order valence-electron chi connectivity index (χ2n) is 7.27. The average Bonchev–Trinajstić information content (AvgIpc) is 2.89. The van der Waals surface area contributed by atoms with Crippen molar-refractivity contribution in [2.75, 3.05) is 0 Å². The van der Waals surface area contributed by atoms with Gasteiger partial charge in [-0.1, -0.05) is 0 Å². The van der Waals surface area contributed by atoms with Crippen molar-refractivity contribution in [1.82, 2.24) is 14.6 Å². The fourth-order valence-electron chi connectivity index (χ4n) is 5.55. The number of hydrogen-bond acceptors (Lipinski definition) is 3. The Morgan fingerprint density at radius 2 is 1.71 bits per heavy atom. The summed E-state index contributed by atoms with van der Waals surface area (Å²) in [5, 5.41) is 18.0. The van der Waals surface area contributed by atoms with E-state index in [1.165, 1.54) is 32.1 Å². The van der Waals surface area contributed by atoms with Gasteiger partial charge in [-0.3, -0.25) is 4.40 Å². The highest BCUT2D eigenvalue weighted by Crippen LogP contribution is 2.59. The van der Waals surface area contributed by atoms with Crippen molar-refractivity contribution in [1.29, 1.82) is 5.26 Å². The summed E-state index contributed by atoms with van der Waals surface area (Å²) in [5.74, 6) is 5.19. The Bertz CT molecular complexity index is 726. The molecule has 106 valence electrons. The van der Waals surface area contributed by atoms with Gasteiger partial charge in [-0.15, -0.1) is 10.2 Å². The third-order valence-electron chi connectivity index (χ3n) is 6.08. The Morgan fingerprint density at radius 1 is 1.00 bits per heavy atom. The largest absolute Gasteiger partial charge is 0.285 e. The minimum Gasteiger partial charge on any atom is -0.285 e. The smallest absolute Gasteiger partial charge is 0.160 e. The maximum absolute atomic E-state index is 9.13.